The van der Waals surface area contributed by atoms with E-state index in [1.807, 2.05) is 6.07 Å². The van der Waals surface area contributed by atoms with E-state index in [0.29, 0.717) is 23.6 Å². The number of methoxy groups -OCH3 is 1. The van der Waals surface area contributed by atoms with Crippen LogP contribution in [0, 0.1) is 17.2 Å². The number of ether oxygens (including phenoxy) is 1. The first-order valence-corrected chi connectivity index (χ1v) is 7.23. The molecule has 1 N–H and O–H groups in total. The van der Waals surface area contributed by atoms with Gasteiger partial charge >= 0.3 is 0 Å². The number of hydrogen-bond acceptors (Lipinski definition) is 4. The highest BCUT2D eigenvalue weighted by Gasteiger charge is 2.22. The molecule has 5 nitrogen and oxygen atoms in total. The fourth-order valence-corrected chi connectivity index (χ4v) is 2.65. The van der Waals surface area contributed by atoms with Crippen LogP contribution in [0.3, 0.4) is 0 Å². The lowest BCUT2D eigenvalue weighted by Crippen LogP contribution is -2.26. The molecule has 0 radical (unpaired) electrons. The summed E-state index contributed by atoms with van der Waals surface area (Å²) in [4.78, 5) is 14.3. The van der Waals surface area contributed by atoms with E-state index in [0.717, 1.165) is 32.7 Å². The highest BCUT2D eigenvalue weighted by molar-refractivity contribution is 5.92. The van der Waals surface area contributed by atoms with Crippen molar-refractivity contribution in [1.29, 1.82) is 5.26 Å². The maximum atomic E-state index is 12.0. The average Bonchev–Trinajstić information content (AvgIpc) is 2.94. The molecule has 1 atom stereocenters. The number of nitriles is 1. The van der Waals surface area contributed by atoms with Gasteiger partial charge in [-0.3, -0.25) is 4.79 Å². The number of benzene rings is 1. The van der Waals surface area contributed by atoms with Crippen LogP contribution in [-0.4, -0.2) is 44.2 Å². The van der Waals surface area contributed by atoms with Crippen LogP contribution in [0.2, 0.25) is 0 Å². The van der Waals surface area contributed by atoms with Crippen molar-refractivity contribution in [2.75, 3.05) is 38.7 Å². The Morgan fingerprint density at radius 1 is 1.52 bits per heavy atom. The fourth-order valence-electron chi connectivity index (χ4n) is 2.65. The third-order valence-electron chi connectivity index (χ3n) is 3.75. The third-order valence-corrected chi connectivity index (χ3v) is 3.75. The molecule has 0 aliphatic carbocycles. The molecule has 112 valence electrons. The summed E-state index contributed by atoms with van der Waals surface area (Å²) in [6.45, 7) is 3.56. The van der Waals surface area contributed by atoms with Crippen LogP contribution in [0.4, 0.5) is 5.69 Å². The zero-order valence-electron chi connectivity index (χ0n) is 12.3. The van der Waals surface area contributed by atoms with E-state index >= 15 is 0 Å². The van der Waals surface area contributed by atoms with Gasteiger partial charge < -0.3 is 15.0 Å². The van der Waals surface area contributed by atoms with Crippen molar-refractivity contribution in [2.45, 2.75) is 12.8 Å². The van der Waals surface area contributed by atoms with Gasteiger partial charge in [-0.1, -0.05) is 12.1 Å². The summed E-state index contributed by atoms with van der Waals surface area (Å²) in [5.41, 5.74) is 1.08. The number of nitrogens with zero attached hydrogens (tertiary/aromatic N) is 2. The SMILES string of the molecule is COCC1CCN(CCC(=O)Nc2ccccc2C#N)C1. The van der Waals surface area contributed by atoms with Gasteiger partial charge in [-0.25, -0.2) is 0 Å². The summed E-state index contributed by atoms with van der Waals surface area (Å²) in [5, 5.41) is 11.8. The second-order valence-corrected chi connectivity index (χ2v) is 5.37. The monoisotopic (exact) mass is 287 g/mol. The minimum atomic E-state index is -0.0482. The van der Waals surface area contributed by atoms with Gasteiger partial charge in [0, 0.05) is 26.6 Å². The molecule has 1 saturated heterocycles. The van der Waals surface area contributed by atoms with Gasteiger partial charge in [0.15, 0.2) is 0 Å². The smallest absolute Gasteiger partial charge is 0.225 e. The first-order valence-electron chi connectivity index (χ1n) is 7.23. The van der Waals surface area contributed by atoms with Crippen LogP contribution in [0.15, 0.2) is 24.3 Å². The van der Waals surface area contributed by atoms with Gasteiger partial charge in [0.25, 0.3) is 0 Å². The second-order valence-electron chi connectivity index (χ2n) is 5.37. The first-order chi connectivity index (χ1) is 10.2. The lowest BCUT2D eigenvalue weighted by molar-refractivity contribution is -0.116. The molecule has 0 aromatic heterocycles. The van der Waals surface area contributed by atoms with Gasteiger partial charge in [-0.2, -0.15) is 5.26 Å². The van der Waals surface area contributed by atoms with E-state index in [-0.39, 0.29) is 5.91 Å². The second kappa shape index (κ2) is 7.77. The largest absolute Gasteiger partial charge is 0.384 e. The third kappa shape index (κ3) is 4.55. The van der Waals surface area contributed by atoms with Crippen LogP contribution in [-0.2, 0) is 9.53 Å². The number of carbonyl (C=O) groups excluding carboxylic acids is 1. The molecule has 1 amide bonds. The fraction of sp³-hybridized carbons (Fsp3) is 0.500. The predicted molar refractivity (Wildman–Crippen MR) is 80.8 cm³/mol. The summed E-state index contributed by atoms with van der Waals surface area (Å²) in [7, 11) is 1.72. The van der Waals surface area contributed by atoms with Crippen molar-refractivity contribution >= 4 is 11.6 Å². The van der Waals surface area contributed by atoms with Crippen LogP contribution >= 0.6 is 0 Å². The summed E-state index contributed by atoms with van der Waals surface area (Å²) >= 11 is 0. The molecular weight excluding hydrogens is 266 g/mol. The van der Waals surface area contributed by atoms with E-state index in [2.05, 4.69) is 16.3 Å². The Labute approximate surface area is 125 Å². The van der Waals surface area contributed by atoms with Gasteiger partial charge in [-0.05, 0) is 31.0 Å². The molecule has 1 heterocycles. The van der Waals surface area contributed by atoms with Crippen molar-refractivity contribution < 1.29 is 9.53 Å². The zero-order chi connectivity index (χ0) is 15.1. The lowest BCUT2D eigenvalue weighted by Gasteiger charge is -2.15. The van der Waals surface area contributed by atoms with Crippen LogP contribution in [0.5, 0.6) is 0 Å². The van der Waals surface area contributed by atoms with Crippen LogP contribution < -0.4 is 5.32 Å². The maximum absolute atomic E-state index is 12.0. The van der Waals surface area contributed by atoms with Crippen LogP contribution in [0.1, 0.15) is 18.4 Å². The van der Waals surface area contributed by atoms with E-state index in [4.69, 9.17) is 10.00 Å². The average molecular weight is 287 g/mol. The molecule has 1 aromatic carbocycles. The van der Waals surface area contributed by atoms with E-state index < -0.39 is 0 Å². The molecule has 1 fully saturated rings. The number of amides is 1. The molecule has 21 heavy (non-hydrogen) atoms. The molecule has 1 aromatic rings. The molecule has 0 bridgehead atoms. The van der Waals surface area contributed by atoms with E-state index in [9.17, 15) is 4.79 Å². The molecule has 2 rings (SSSR count). The summed E-state index contributed by atoms with van der Waals surface area (Å²) in [5.74, 6) is 0.533. The Balaban J connectivity index is 1.77. The number of rotatable bonds is 6. The number of carbonyl (C=O) groups is 1. The molecule has 1 aliphatic heterocycles. The Morgan fingerprint density at radius 3 is 3.10 bits per heavy atom. The Morgan fingerprint density at radius 2 is 2.33 bits per heavy atom. The van der Waals surface area contributed by atoms with E-state index in [1.165, 1.54) is 0 Å². The summed E-state index contributed by atoms with van der Waals surface area (Å²) in [6.07, 6.45) is 1.58. The minimum absolute atomic E-state index is 0.0482. The number of anilines is 1. The molecule has 5 heteroatoms. The highest BCUT2D eigenvalue weighted by Crippen LogP contribution is 2.17. The quantitative estimate of drug-likeness (QED) is 0.867. The number of para-hydroxylation sites is 1. The van der Waals surface area contributed by atoms with E-state index in [1.54, 1.807) is 25.3 Å². The number of nitrogens with one attached hydrogen (secondary N) is 1. The molecule has 0 saturated carbocycles. The Hall–Kier alpha value is -1.90. The normalized spacial score (nSPS) is 18.4. The van der Waals surface area contributed by atoms with Gasteiger partial charge in [0.2, 0.25) is 5.91 Å². The zero-order valence-corrected chi connectivity index (χ0v) is 12.3. The molecule has 1 unspecified atom stereocenters. The van der Waals surface area contributed by atoms with Crippen molar-refractivity contribution in [1.82, 2.24) is 4.90 Å². The number of hydrogen-bond donors (Lipinski definition) is 1. The van der Waals surface area contributed by atoms with Crippen molar-refractivity contribution in [3.05, 3.63) is 29.8 Å². The minimum Gasteiger partial charge on any atom is -0.384 e. The maximum Gasteiger partial charge on any atom is 0.225 e. The predicted octanol–water partition coefficient (Wildman–Crippen LogP) is 1.86. The Kier molecular flexibility index (Phi) is 5.73. The summed E-state index contributed by atoms with van der Waals surface area (Å²) < 4.78 is 5.17. The van der Waals surface area contributed by atoms with Crippen molar-refractivity contribution in [3.8, 4) is 6.07 Å². The Bertz CT molecular complexity index is 524. The molecule has 1 aliphatic rings. The first kappa shape index (κ1) is 15.5. The molecular formula is C16H21N3O2. The topological polar surface area (TPSA) is 65.4 Å². The van der Waals surface area contributed by atoms with Crippen molar-refractivity contribution in [3.63, 3.8) is 0 Å². The summed E-state index contributed by atoms with van der Waals surface area (Å²) in [6, 6.07) is 9.13. The highest BCUT2D eigenvalue weighted by atomic mass is 16.5. The van der Waals surface area contributed by atoms with Gasteiger partial charge in [0.05, 0.1) is 17.9 Å². The molecule has 0 spiro atoms. The van der Waals surface area contributed by atoms with Crippen LogP contribution in [0.25, 0.3) is 0 Å². The number of likely N-dealkylation sites (tertiary alicyclic amines) is 1. The van der Waals surface area contributed by atoms with Gasteiger partial charge in [0.1, 0.15) is 6.07 Å². The lowest BCUT2D eigenvalue weighted by atomic mass is 10.1. The van der Waals surface area contributed by atoms with Crippen molar-refractivity contribution in [2.24, 2.45) is 5.92 Å². The standard InChI is InChI=1S/C16H21N3O2/c1-21-12-13-6-8-19(11-13)9-7-16(20)18-15-5-3-2-4-14(15)10-17/h2-5,13H,6-9,11-12H2,1H3,(H,18,20). The van der Waals surface area contributed by atoms with Gasteiger partial charge in [-0.15, -0.1) is 0 Å².